The number of non-ortho nitro benzene ring substituents is 1. The molecule has 0 aliphatic rings. The molecule has 0 saturated carbocycles. The molecule has 0 bridgehead atoms. The smallest absolute Gasteiger partial charge is 0.326 e. The van der Waals surface area contributed by atoms with Crippen molar-refractivity contribution in [3.8, 4) is 0 Å². The zero-order valence-electron chi connectivity index (χ0n) is 16.5. The predicted molar refractivity (Wildman–Crippen MR) is 105 cm³/mol. The van der Waals surface area contributed by atoms with E-state index in [1.54, 1.807) is 12.3 Å². The molecular weight excluding hydrogens is 396 g/mol. The molecule has 0 aliphatic heterocycles. The maximum atomic E-state index is 12.4. The Balaban J connectivity index is 2.04. The number of carboxylic acids is 1. The van der Waals surface area contributed by atoms with E-state index in [1.165, 1.54) is 30.5 Å². The topological polar surface area (TPSA) is 141 Å². The zero-order chi connectivity index (χ0) is 21.9. The van der Waals surface area contributed by atoms with Gasteiger partial charge in [-0.15, -0.1) is 0 Å². The van der Waals surface area contributed by atoms with Gasteiger partial charge in [-0.05, 0) is 49.4 Å². The average Bonchev–Trinajstić information content (AvgIpc) is 3.23. The summed E-state index contributed by atoms with van der Waals surface area (Å²) in [6, 6.07) is 5.55. The summed E-state index contributed by atoms with van der Waals surface area (Å²) in [7, 11) is 0. The zero-order valence-corrected chi connectivity index (χ0v) is 16.5. The number of ether oxygens (including phenoxy) is 2. The molecule has 2 N–H and O–H groups in total. The van der Waals surface area contributed by atoms with Gasteiger partial charge in [0, 0.05) is 24.3 Å². The van der Waals surface area contributed by atoms with E-state index in [4.69, 9.17) is 13.9 Å². The van der Waals surface area contributed by atoms with Crippen LogP contribution in [0.4, 0.5) is 5.69 Å². The van der Waals surface area contributed by atoms with E-state index in [9.17, 15) is 24.8 Å². The minimum Gasteiger partial charge on any atom is -0.480 e. The number of nitro benzene ring substituents is 1. The minimum atomic E-state index is -1.19. The van der Waals surface area contributed by atoms with Gasteiger partial charge in [0.15, 0.2) is 0 Å². The Labute approximate surface area is 172 Å². The Morgan fingerprint density at radius 2 is 1.97 bits per heavy atom. The molecule has 162 valence electrons. The molecule has 0 saturated heterocycles. The van der Waals surface area contributed by atoms with Crippen molar-refractivity contribution in [2.45, 2.75) is 25.8 Å². The van der Waals surface area contributed by atoms with E-state index in [0.29, 0.717) is 13.0 Å². The van der Waals surface area contributed by atoms with Gasteiger partial charge in [0.2, 0.25) is 0 Å². The second-order valence-electron chi connectivity index (χ2n) is 6.59. The van der Waals surface area contributed by atoms with Crippen LogP contribution in [0.3, 0.4) is 0 Å². The van der Waals surface area contributed by atoms with Crippen LogP contribution in [0.15, 0.2) is 47.3 Å². The third kappa shape index (κ3) is 7.30. The molecule has 1 heterocycles. The van der Waals surface area contributed by atoms with Crippen molar-refractivity contribution in [3.63, 3.8) is 0 Å². The highest BCUT2D eigenvalue weighted by Gasteiger charge is 2.26. The second-order valence-corrected chi connectivity index (χ2v) is 6.59. The number of rotatable bonds is 13. The number of aliphatic carboxylic acids is 1. The Morgan fingerprint density at radius 1 is 1.23 bits per heavy atom. The van der Waals surface area contributed by atoms with Crippen LogP contribution >= 0.6 is 0 Å². The van der Waals surface area contributed by atoms with E-state index in [0.717, 1.165) is 5.56 Å². The average molecular weight is 420 g/mol. The summed E-state index contributed by atoms with van der Waals surface area (Å²) in [5.41, 5.74) is 0.852. The highest BCUT2D eigenvalue weighted by atomic mass is 16.7. The molecule has 0 unspecified atom stereocenters. The van der Waals surface area contributed by atoms with Crippen molar-refractivity contribution in [3.05, 3.63) is 64.1 Å². The molecule has 1 aromatic carbocycles. The van der Waals surface area contributed by atoms with Crippen LogP contribution in [0, 0.1) is 16.0 Å². The van der Waals surface area contributed by atoms with Crippen LogP contribution in [-0.2, 0) is 20.7 Å². The first-order chi connectivity index (χ1) is 14.4. The molecule has 2 rings (SSSR count). The number of hydrogen-bond donors (Lipinski definition) is 2. The molecule has 2 atom stereocenters. The highest BCUT2D eigenvalue weighted by molar-refractivity contribution is 5.96. The first-order valence-corrected chi connectivity index (χ1v) is 9.35. The third-order valence-corrected chi connectivity index (χ3v) is 4.34. The number of furan rings is 1. The van der Waals surface area contributed by atoms with Crippen molar-refractivity contribution in [1.82, 2.24) is 5.32 Å². The summed E-state index contributed by atoms with van der Waals surface area (Å²) < 4.78 is 15.7. The fourth-order valence-corrected chi connectivity index (χ4v) is 2.84. The lowest BCUT2D eigenvalue weighted by atomic mass is 9.94. The number of nitrogens with zero attached hydrogens (tertiary/aromatic N) is 1. The molecule has 1 amide bonds. The lowest BCUT2D eigenvalue weighted by Crippen LogP contribution is -2.42. The number of benzene rings is 1. The Hall–Kier alpha value is -3.24. The SMILES string of the molecule is CCOCOC[C@@H](Cc1ccoc1)C[C@H](NC(=O)c1ccc([N+](=O)[O-])cc1)C(=O)O. The molecule has 0 fully saturated rings. The Morgan fingerprint density at radius 3 is 2.53 bits per heavy atom. The fourth-order valence-electron chi connectivity index (χ4n) is 2.84. The molecule has 10 heteroatoms. The summed E-state index contributed by atoms with van der Waals surface area (Å²) in [5, 5.41) is 22.8. The van der Waals surface area contributed by atoms with Gasteiger partial charge in [0.05, 0.1) is 24.1 Å². The normalized spacial score (nSPS) is 12.8. The van der Waals surface area contributed by atoms with Crippen LogP contribution in [-0.4, -0.2) is 48.0 Å². The van der Waals surface area contributed by atoms with Gasteiger partial charge in [-0.1, -0.05) is 0 Å². The number of carbonyl (C=O) groups is 2. The van der Waals surface area contributed by atoms with Gasteiger partial charge in [0.1, 0.15) is 12.8 Å². The van der Waals surface area contributed by atoms with Crippen molar-refractivity contribution in [1.29, 1.82) is 0 Å². The van der Waals surface area contributed by atoms with Gasteiger partial charge in [-0.2, -0.15) is 0 Å². The lowest BCUT2D eigenvalue weighted by molar-refractivity contribution is -0.384. The standard InChI is InChI=1S/C20H24N2O8/c1-2-28-13-30-12-15(9-14-7-8-29-11-14)10-18(20(24)25)21-19(23)16-3-5-17(6-4-16)22(26)27/h3-8,11,15,18H,2,9-10,12-13H2,1H3,(H,21,23)(H,24,25)/t15-,18-/m0/s1. The number of carboxylic acid groups (broad SMARTS) is 1. The van der Waals surface area contributed by atoms with E-state index < -0.39 is 22.8 Å². The van der Waals surface area contributed by atoms with Crippen molar-refractivity contribution >= 4 is 17.6 Å². The molecule has 0 radical (unpaired) electrons. The quantitative estimate of drug-likeness (QED) is 0.218. The van der Waals surface area contributed by atoms with E-state index in [2.05, 4.69) is 5.32 Å². The first kappa shape index (κ1) is 23.0. The Kier molecular flexibility index (Phi) is 8.98. The van der Waals surface area contributed by atoms with Crippen molar-refractivity contribution < 1.29 is 33.5 Å². The molecule has 10 nitrogen and oxygen atoms in total. The molecule has 0 aliphatic carbocycles. The van der Waals surface area contributed by atoms with Gasteiger partial charge < -0.3 is 24.3 Å². The van der Waals surface area contributed by atoms with E-state index in [1.807, 2.05) is 6.92 Å². The summed E-state index contributed by atoms with van der Waals surface area (Å²) in [6.07, 6.45) is 3.71. The second kappa shape index (κ2) is 11.7. The molecule has 2 aromatic rings. The van der Waals surface area contributed by atoms with Crippen LogP contribution in [0.5, 0.6) is 0 Å². The predicted octanol–water partition coefficient (Wildman–Crippen LogP) is 2.63. The van der Waals surface area contributed by atoms with Crippen LogP contribution < -0.4 is 5.32 Å². The van der Waals surface area contributed by atoms with Crippen LogP contribution in [0.2, 0.25) is 0 Å². The number of amides is 1. The van der Waals surface area contributed by atoms with Crippen LogP contribution in [0.1, 0.15) is 29.3 Å². The third-order valence-electron chi connectivity index (χ3n) is 4.34. The molecular formula is C20H24N2O8. The maximum Gasteiger partial charge on any atom is 0.326 e. The summed E-state index contributed by atoms with van der Waals surface area (Å²) >= 11 is 0. The first-order valence-electron chi connectivity index (χ1n) is 9.35. The summed E-state index contributed by atoms with van der Waals surface area (Å²) in [6.45, 7) is 2.66. The van der Waals surface area contributed by atoms with Gasteiger partial charge >= 0.3 is 5.97 Å². The highest BCUT2D eigenvalue weighted by Crippen LogP contribution is 2.17. The molecule has 0 spiro atoms. The van der Waals surface area contributed by atoms with Gasteiger partial charge in [-0.25, -0.2) is 4.79 Å². The number of hydrogen-bond acceptors (Lipinski definition) is 7. The lowest BCUT2D eigenvalue weighted by Gasteiger charge is -2.22. The van der Waals surface area contributed by atoms with E-state index >= 15 is 0 Å². The van der Waals surface area contributed by atoms with Crippen LogP contribution in [0.25, 0.3) is 0 Å². The molecule has 1 aromatic heterocycles. The van der Waals surface area contributed by atoms with E-state index in [-0.39, 0.29) is 37.0 Å². The van der Waals surface area contributed by atoms with Crippen molar-refractivity contribution in [2.75, 3.05) is 20.0 Å². The number of nitrogens with one attached hydrogen (secondary N) is 1. The summed E-state index contributed by atoms with van der Waals surface area (Å²) in [4.78, 5) is 34.3. The number of nitro groups is 1. The molecule has 30 heavy (non-hydrogen) atoms. The monoisotopic (exact) mass is 420 g/mol. The van der Waals surface area contributed by atoms with Gasteiger partial charge in [0.25, 0.3) is 11.6 Å². The minimum absolute atomic E-state index is 0.0886. The number of carbonyl (C=O) groups excluding carboxylic acids is 1. The van der Waals surface area contributed by atoms with Crippen molar-refractivity contribution in [2.24, 2.45) is 5.92 Å². The van der Waals surface area contributed by atoms with Gasteiger partial charge in [-0.3, -0.25) is 14.9 Å². The maximum absolute atomic E-state index is 12.4. The Bertz CT molecular complexity index is 820. The fraction of sp³-hybridized carbons (Fsp3) is 0.400. The largest absolute Gasteiger partial charge is 0.480 e. The summed E-state index contributed by atoms with van der Waals surface area (Å²) in [5.74, 6) is -2.04.